The number of rotatable bonds is 8. The Kier molecular flexibility index (Phi) is 5.87. The number of ketones is 1. The van der Waals surface area contributed by atoms with E-state index in [9.17, 15) is 4.79 Å². The molecule has 1 atom stereocenters. The molecule has 0 heterocycles. The average molecular weight is 266 g/mol. The topological polar surface area (TPSA) is 26.3 Å². The van der Waals surface area contributed by atoms with Gasteiger partial charge >= 0.3 is 0 Å². The summed E-state index contributed by atoms with van der Waals surface area (Å²) in [6.45, 7) is 3.12. The SMILES string of the molecule is CCCCCCCCOC1CC(=O)C12CCCCC2. The van der Waals surface area contributed by atoms with Crippen molar-refractivity contribution in [1.29, 1.82) is 0 Å². The molecule has 110 valence electrons. The maximum absolute atomic E-state index is 11.9. The van der Waals surface area contributed by atoms with Gasteiger partial charge in [-0.3, -0.25) is 4.79 Å². The molecule has 1 spiro atoms. The van der Waals surface area contributed by atoms with Gasteiger partial charge < -0.3 is 4.74 Å². The fourth-order valence-corrected chi connectivity index (χ4v) is 3.73. The van der Waals surface area contributed by atoms with E-state index in [-0.39, 0.29) is 11.5 Å². The maximum atomic E-state index is 11.9. The molecular formula is C17H30O2. The largest absolute Gasteiger partial charge is 0.377 e. The Morgan fingerprint density at radius 2 is 1.74 bits per heavy atom. The summed E-state index contributed by atoms with van der Waals surface area (Å²) in [4.78, 5) is 11.9. The fourth-order valence-electron chi connectivity index (χ4n) is 3.73. The summed E-state index contributed by atoms with van der Waals surface area (Å²) >= 11 is 0. The van der Waals surface area contributed by atoms with Crippen LogP contribution in [0.25, 0.3) is 0 Å². The van der Waals surface area contributed by atoms with Crippen molar-refractivity contribution in [2.24, 2.45) is 5.41 Å². The molecule has 0 saturated heterocycles. The van der Waals surface area contributed by atoms with Gasteiger partial charge in [-0.1, -0.05) is 58.3 Å². The second-order valence-electron chi connectivity index (χ2n) is 6.47. The number of carbonyl (C=O) groups is 1. The van der Waals surface area contributed by atoms with Gasteiger partial charge in [0.05, 0.1) is 11.5 Å². The zero-order valence-electron chi connectivity index (χ0n) is 12.6. The summed E-state index contributed by atoms with van der Waals surface area (Å²) in [5, 5.41) is 0. The highest BCUT2D eigenvalue weighted by Gasteiger charge is 2.55. The first-order valence-electron chi connectivity index (χ1n) is 8.44. The molecule has 0 bridgehead atoms. The van der Waals surface area contributed by atoms with E-state index < -0.39 is 0 Å². The van der Waals surface area contributed by atoms with Gasteiger partial charge in [-0.05, 0) is 19.3 Å². The predicted molar refractivity (Wildman–Crippen MR) is 78.3 cm³/mol. The molecule has 0 N–H and O–H groups in total. The second-order valence-corrected chi connectivity index (χ2v) is 6.47. The molecule has 19 heavy (non-hydrogen) atoms. The summed E-state index contributed by atoms with van der Waals surface area (Å²) in [5.41, 5.74) is -0.0412. The Hall–Kier alpha value is -0.370. The minimum atomic E-state index is -0.0412. The van der Waals surface area contributed by atoms with E-state index in [1.807, 2.05) is 0 Å². The van der Waals surface area contributed by atoms with Gasteiger partial charge in [0.25, 0.3) is 0 Å². The third-order valence-electron chi connectivity index (χ3n) is 5.11. The molecule has 2 aliphatic carbocycles. The van der Waals surface area contributed by atoms with Crippen molar-refractivity contribution in [3.63, 3.8) is 0 Å². The molecule has 1 unspecified atom stereocenters. The smallest absolute Gasteiger partial charge is 0.144 e. The number of carbonyl (C=O) groups excluding carboxylic acids is 1. The van der Waals surface area contributed by atoms with Gasteiger partial charge in [0.2, 0.25) is 0 Å². The van der Waals surface area contributed by atoms with Crippen molar-refractivity contribution in [1.82, 2.24) is 0 Å². The van der Waals surface area contributed by atoms with E-state index in [0.29, 0.717) is 12.2 Å². The van der Waals surface area contributed by atoms with Gasteiger partial charge in [-0.2, -0.15) is 0 Å². The minimum Gasteiger partial charge on any atom is -0.377 e. The van der Waals surface area contributed by atoms with Gasteiger partial charge in [-0.25, -0.2) is 0 Å². The zero-order chi connectivity index (χ0) is 13.6. The van der Waals surface area contributed by atoms with Crippen LogP contribution in [0.5, 0.6) is 0 Å². The van der Waals surface area contributed by atoms with Crippen LogP contribution in [0.2, 0.25) is 0 Å². The quantitative estimate of drug-likeness (QED) is 0.597. The molecule has 0 amide bonds. The molecule has 0 aromatic rings. The van der Waals surface area contributed by atoms with Crippen molar-refractivity contribution in [3.8, 4) is 0 Å². The highest BCUT2D eigenvalue weighted by atomic mass is 16.5. The molecule has 2 saturated carbocycles. The van der Waals surface area contributed by atoms with Crippen LogP contribution >= 0.6 is 0 Å². The Bertz CT molecular complexity index is 279. The fraction of sp³-hybridized carbons (Fsp3) is 0.941. The Morgan fingerprint density at radius 3 is 2.42 bits per heavy atom. The number of ether oxygens (including phenoxy) is 1. The number of unbranched alkanes of at least 4 members (excludes halogenated alkanes) is 5. The monoisotopic (exact) mass is 266 g/mol. The molecular weight excluding hydrogens is 236 g/mol. The standard InChI is InChI=1S/C17H30O2/c1-2-3-4-5-6-10-13-19-16-14-15(18)17(16)11-8-7-9-12-17/h16H,2-14H2,1H3. The van der Waals surface area contributed by atoms with Crippen LogP contribution in [-0.4, -0.2) is 18.5 Å². The maximum Gasteiger partial charge on any atom is 0.144 e. The van der Waals surface area contributed by atoms with Gasteiger partial charge in [-0.15, -0.1) is 0 Å². The number of hydrogen-bond acceptors (Lipinski definition) is 2. The molecule has 2 heteroatoms. The van der Waals surface area contributed by atoms with E-state index in [0.717, 1.165) is 19.4 Å². The van der Waals surface area contributed by atoms with Crippen molar-refractivity contribution in [3.05, 3.63) is 0 Å². The van der Waals surface area contributed by atoms with E-state index in [4.69, 9.17) is 4.74 Å². The van der Waals surface area contributed by atoms with Crippen LogP contribution in [0.1, 0.15) is 84.0 Å². The van der Waals surface area contributed by atoms with Gasteiger partial charge in [0, 0.05) is 13.0 Å². The lowest BCUT2D eigenvalue weighted by molar-refractivity contribution is -0.169. The third kappa shape index (κ3) is 3.59. The van der Waals surface area contributed by atoms with Crippen LogP contribution in [0.15, 0.2) is 0 Å². The van der Waals surface area contributed by atoms with Crippen LogP contribution < -0.4 is 0 Å². The normalized spacial score (nSPS) is 25.5. The zero-order valence-corrected chi connectivity index (χ0v) is 12.6. The molecule has 0 aliphatic heterocycles. The average Bonchev–Trinajstić information content (AvgIpc) is 2.46. The van der Waals surface area contributed by atoms with Gasteiger partial charge in [0.15, 0.2) is 0 Å². The lowest BCUT2D eigenvalue weighted by atomic mass is 9.57. The summed E-state index contributed by atoms with van der Waals surface area (Å²) in [6, 6.07) is 0. The second kappa shape index (κ2) is 7.42. The van der Waals surface area contributed by atoms with Crippen LogP contribution in [0, 0.1) is 5.41 Å². The molecule has 0 radical (unpaired) electrons. The molecule has 2 nitrogen and oxygen atoms in total. The molecule has 0 aromatic heterocycles. The van der Waals surface area contributed by atoms with Crippen molar-refractivity contribution in [2.45, 2.75) is 90.1 Å². The van der Waals surface area contributed by atoms with Crippen molar-refractivity contribution >= 4 is 5.78 Å². The van der Waals surface area contributed by atoms with Crippen molar-refractivity contribution in [2.75, 3.05) is 6.61 Å². The van der Waals surface area contributed by atoms with Crippen LogP contribution in [0.3, 0.4) is 0 Å². The highest BCUT2D eigenvalue weighted by molar-refractivity contribution is 5.92. The highest BCUT2D eigenvalue weighted by Crippen LogP contribution is 2.50. The van der Waals surface area contributed by atoms with Crippen LogP contribution in [-0.2, 0) is 9.53 Å². The molecule has 2 rings (SSSR count). The van der Waals surface area contributed by atoms with E-state index in [2.05, 4.69) is 6.92 Å². The Labute approximate surface area is 118 Å². The van der Waals surface area contributed by atoms with Gasteiger partial charge in [0.1, 0.15) is 5.78 Å². The third-order valence-corrected chi connectivity index (χ3v) is 5.11. The number of hydrogen-bond donors (Lipinski definition) is 0. The Morgan fingerprint density at radius 1 is 1.05 bits per heavy atom. The lowest BCUT2D eigenvalue weighted by Crippen LogP contribution is -2.56. The summed E-state index contributed by atoms with van der Waals surface area (Å²) in [7, 11) is 0. The van der Waals surface area contributed by atoms with Crippen molar-refractivity contribution < 1.29 is 9.53 Å². The first-order chi connectivity index (χ1) is 9.29. The molecule has 2 fully saturated rings. The summed E-state index contributed by atoms with van der Waals surface area (Å²) in [6.07, 6.45) is 14.7. The first-order valence-corrected chi connectivity index (χ1v) is 8.44. The van der Waals surface area contributed by atoms with E-state index in [1.165, 1.54) is 57.8 Å². The van der Waals surface area contributed by atoms with Crippen LogP contribution in [0.4, 0.5) is 0 Å². The molecule has 2 aliphatic rings. The minimum absolute atomic E-state index is 0.0412. The van der Waals surface area contributed by atoms with E-state index >= 15 is 0 Å². The summed E-state index contributed by atoms with van der Waals surface area (Å²) in [5.74, 6) is 0.486. The van der Waals surface area contributed by atoms with E-state index in [1.54, 1.807) is 0 Å². The summed E-state index contributed by atoms with van der Waals surface area (Å²) < 4.78 is 6.03. The molecule has 0 aromatic carbocycles. The lowest BCUT2D eigenvalue weighted by Gasteiger charge is -2.49. The predicted octanol–water partition coefficient (Wildman–Crippen LogP) is 4.66. The first kappa shape index (κ1) is 15.0. The number of Topliss-reactive ketones (excluding diaryl/α,β-unsaturated/α-hetero) is 1. The Balaban J connectivity index is 1.60.